The quantitative estimate of drug-likeness (QED) is 0.219. The molecule has 0 saturated heterocycles. The summed E-state index contributed by atoms with van der Waals surface area (Å²) in [6.07, 6.45) is 0.819. The van der Waals surface area contributed by atoms with Crippen LogP contribution in [0.25, 0.3) is 0 Å². The Kier molecular flexibility index (Phi) is 10.7. The molecule has 0 bridgehead atoms. The molecule has 0 aliphatic carbocycles. The average molecular weight is 537 g/mol. The van der Waals surface area contributed by atoms with E-state index in [4.69, 9.17) is 0 Å². The van der Waals surface area contributed by atoms with E-state index < -0.39 is 0 Å². The first-order valence-electron chi connectivity index (χ1n) is 7.69. The highest BCUT2D eigenvalue weighted by molar-refractivity contribution is 14.0. The van der Waals surface area contributed by atoms with Gasteiger partial charge in [-0.15, -0.1) is 35.3 Å². The molecule has 0 saturated carbocycles. The lowest BCUT2D eigenvalue weighted by Crippen LogP contribution is -2.38. The Morgan fingerprint density at radius 1 is 1.16 bits per heavy atom. The van der Waals surface area contributed by atoms with Gasteiger partial charge in [0, 0.05) is 35.1 Å². The standard InChI is InChI=1S/C17H21BrN4OS.HI/c1-19-17(22-12-15-7-3-10-24-15)21-9-4-8-20-16(23)13-5-2-6-14(18)11-13;/h2-3,5-7,10-11H,4,8-9,12H2,1H3,(H,20,23)(H2,19,21,22);1H. The molecule has 0 aliphatic rings. The van der Waals surface area contributed by atoms with Gasteiger partial charge in [-0.25, -0.2) is 0 Å². The molecule has 1 amide bonds. The molecule has 1 heterocycles. The minimum atomic E-state index is -0.0588. The van der Waals surface area contributed by atoms with Gasteiger partial charge >= 0.3 is 0 Å². The van der Waals surface area contributed by atoms with Crippen LogP contribution in [0.4, 0.5) is 0 Å². The summed E-state index contributed by atoms with van der Waals surface area (Å²) in [4.78, 5) is 17.4. The van der Waals surface area contributed by atoms with Gasteiger partial charge < -0.3 is 16.0 Å². The van der Waals surface area contributed by atoms with Crippen molar-refractivity contribution in [2.24, 2.45) is 4.99 Å². The maximum Gasteiger partial charge on any atom is 0.251 e. The van der Waals surface area contributed by atoms with Crippen molar-refractivity contribution < 1.29 is 4.79 Å². The van der Waals surface area contributed by atoms with Crippen molar-refractivity contribution in [1.29, 1.82) is 0 Å². The molecule has 136 valence electrons. The van der Waals surface area contributed by atoms with Gasteiger partial charge in [0.2, 0.25) is 0 Å². The molecule has 0 spiro atoms. The number of guanidine groups is 1. The third-order valence-corrected chi connectivity index (χ3v) is 4.62. The molecule has 0 radical (unpaired) electrons. The average Bonchev–Trinajstić information content (AvgIpc) is 3.10. The van der Waals surface area contributed by atoms with E-state index in [1.165, 1.54) is 4.88 Å². The summed E-state index contributed by atoms with van der Waals surface area (Å²) >= 11 is 5.08. The Morgan fingerprint density at radius 2 is 1.96 bits per heavy atom. The number of rotatable bonds is 7. The van der Waals surface area contributed by atoms with Crippen LogP contribution in [0.1, 0.15) is 21.7 Å². The fraction of sp³-hybridized carbons (Fsp3) is 0.294. The number of carbonyl (C=O) groups is 1. The van der Waals surface area contributed by atoms with Crippen LogP contribution in [0.2, 0.25) is 0 Å². The maximum atomic E-state index is 12.0. The van der Waals surface area contributed by atoms with Crippen molar-refractivity contribution in [3.63, 3.8) is 0 Å². The summed E-state index contributed by atoms with van der Waals surface area (Å²) < 4.78 is 0.900. The number of aliphatic imine (C=N–C) groups is 1. The Hall–Kier alpha value is -1.13. The molecule has 2 aromatic rings. The lowest BCUT2D eigenvalue weighted by atomic mass is 10.2. The monoisotopic (exact) mass is 536 g/mol. The molecule has 2 rings (SSSR count). The number of amides is 1. The molecule has 1 aromatic carbocycles. The van der Waals surface area contributed by atoms with Crippen molar-refractivity contribution in [2.75, 3.05) is 20.1 Å². The first kappa shape index (κ1) is 21.9. The number of carbonyl (C=O) groups excluding carboxylic acids is 1. The third-order valence-electron chi connectivity index (χ3n) is 3.25. The second-order valence-corrected chi connectivity index (χ2v) is 7.00. The first-order valence-corrected chi connectivity index (χ1v) is 9.37. The zero-order valence-corrected chi connectivity index (χ0v) is 18.7. The SMILES string of the molecule is CN=C(NCCCNC(=O)c1cccc(Br)c1)NCc1cccs1.I. The lowest BCUT2D eigenvalue weighted by molar-refractivity contribution is 0.0953. The molecule has 3 N–H and O–H groups in total. The van der Waals surface area contributed by atoms with Gasteiger partial charge in [-0.2, -0.15) is 0 Å². The number of hydrogen-bond acceptors (Lipinski definition) is 3. The number of benzene rings is 1. The molecule has 0 aliphatic heterocycles. The normalized spacial score (nSPS) is 10.7. The lowest BCUT2D eigenvalue weighted by Gasteiger charge is -2.11. The van der Waals surface area contributed by atoms with E-state index in [0.29, 0.717) is 12.1 Å². The smallest absolute Gasteiger partial charge is 0.251 e. The van der Waals surface area contributed by atoms with E-state index in [1.807, 2.05) is 24.3 Å². The predicted octanol–water partition coefficient (Wildman–Crippen LogP) is 3.61. The first-order chi connectivity index (χ1) is 11.7. The summed E-state index contributed by atoms with van der Waals surface area (Å²) in [5.74, 6) is 0.707. The molecule has 0 fully saturated rings. The number of nitrogens with one attached hydrogen (secondary N) is 3. The molecule has 5 nitrogen and oxygen atoms in total. The minimum Gasteiger partial charge on any atom is -0.356 e. The highest BCUT2D eigenvalue weighted by Crippen LogP contribution is 2.11. The molecule has 1 aromatic heterocycles. The Morgan fingerprint density at radius 3 is 2.64 bits per heavy atom. The van der Waals surface area contributed by atoms with Gasteiger partial charge in [-0.05, 0) is 36.1 Å². The van der Waals surface area contributed by atoms with Crippen molar-refractivity contribution in [3.05, 3.63) is 56.7 Å². The van der Waals surface area contributed by atoms with E-state index in [0.717, 1.165) is 29.9 Å². The van der Waals surface area contributed by atoms with Crippen LogP contribution in [0.5, 0.6) is 0 Å². The van der Waals surface area contributed by atoms with E-state index in [9.17, 15) is 4.79 Å². The zero-order valence-electron chi connectivity index (χ0n) is 13.9. The van der Waals surface area contributed by atoms with Gasteiger partial charge in [0.1, 0.15) is 0 Å². The highest BCUT2D eigenvalue weighted by Gasteiger charge is 2.04. The highest BCUT2D eigenvalue weighted by atomic mass is 127. The van der Waals surface area contributed by atoms with Crippen LogP contribution in [0.15, 0.2) is 51.2 Å². The summed E-state index contributed by atoms with van der Waals surface area (Å²) in [5, 5.41) is 11.5. The molecular formula is C17H22BrIN4OS. The van der Waals surface area contributed by atoms with E-state index in [2.05, 4.69) is 48.3 Å². The second kappa shape index (κ2) is 12.3. The molecule has 25 heavy (non-hydrogen) atoms. The van der Waals surface area contributed by atoms with Crippen LogP contribution in [0, 0.1) is 0 Å². The number of nitrogens with zero attached hydrogens (tertiary/aromatic N) is 1. The Balaban J connectivity index is 0.00000312. The van der Waals surface area contributed by atoms with E-state index >= 15 is 0 Å². The molecule has 0 atom stereocenters. The molecular weight excluding hydrogens is 515 g/mol. The predicted molar refractivity (Wildman–Crippen MR) is 119 cm³/mol. The van der Waals surface area contributed by atoms with Crippen molar-refractivity contribution in [3.8, 4) is 0 Å². The third kappa shape index (κ3) is 8.19. The molecule has 0 unspecified atom stereocenters. The fourth-order valence-electron chi connectivity index (χ4n) is 2.03. The van der Waals surface area contributed by atoms with E-state index in [-0.39, 0.29) is 29.9 Å². The maximum absolute atomic E-state index is 12.0. The van der Waals surface area contributed by atoms with Crippen LogP contribution in [-0.2, 0) is 6.54 Å². The van der Waals surface area contributed by atoms with Crippen LogP contribution in [0.3, 0.4) is 0 Å². The second-order valence-electron chi connectivity index (χ2n) is 5.05. The van der Waals surface area contributed by atoms with Gasteiger partial charge in [0.15, 0.2) is 5.96 Å². The van der Waals surface area contributed by atoms with Crippen molar-refractivity contribution >= 4 is 63.1 Å². The number of thiophene rings is 1. The van der Waals surface area contributed by atoms with Crippen molar-refractivity contribution in [2.45, 2.75) is 13.0 Å². The Bertz CT molecular complexity index is 679. The molecule has 8 heteroatoms. The zero-order chi connectivity index (χ0) is 17.2. The topological polar surface area (TPSA) is 65.5 Å². The largest absolute Gasteiger partial charge is 0.356 e. The number of halogens is 2. The summed E-state index contributed by atoms with van der Waals surface area (Å²) in [6.45, 7) is 2.11. The van der Waals surface area contributed by atoms with Crippen molar-refractivity contribution in [1.82, 2.24) is 16.0 Å². The van der Waals surface area contributed by atoms with Gasteiger partial charge in [-0.1, -0.05) is 28.1 Å². The van der Waals surface area contributed by atoms with E-state index in [1.54, 1.807) is 24.5 Å². The van der Waals surface area contributed by atoms with Gasteiger partial charge in [-0.3, -0.25) is 9.79 Å². The summed E-state index contributed by atoms with van der Waals surface area (Å²) in [7, 11) is 1.75. The number of hydrogen-bond donors (Lipinski definition) is 3. The summed E-state index contributed by atoms with van der Waals surface area (Å²) in [5.41, 5.74) is 0.658. The summed E-state index contributed by atoms with van der Waals surface area (Å²) in [6, 6.07) is 11.5. The minimum absolute atomic E-state index is 0. The van der Waals surface area contributed by atoms with Crippen LogP contribution < -0.4 is 16.0 Å². The fourth-order valence-corrected chi connectivity index (χ4v) is 3.08. The van der Waals surface area contributed by atoms with Gasteiger partial charge in [0.05, 0.1) is 6.54 Å². The van der Waals surface area contributed by atoms with Crippen LogP contribution in [-0.4, -0.2) is 32.0 Å². The van der Waals surface area contributed by atoms with Gasteiger partial charge in [0.25, 0.3) is 5.91 Å². The Labute approximate surface area is 177 Å². The van der Waals surface area contributed by atoms with Crippen LogP contribution >= 0.6 is 51.2 Å².